The van der Waals surface area contributed by atoms with E-state index in [9.17, 15) is 10.2 Å². The van der Waals surface area contributed by atoms with E-state index in [2.05, 4.69) is 26.8 Å². The molecule has 2 N–H and O–H groups in total. The second kappa shape index (κ2) is 4.06. The van der Waals surface area contributed by atoms with Gasteiger partial charge in [-0.05, 0) is 46.0 Å². The molecule has 0 heterocycles. The van der Waals surface area contributed by atoms with Crippen LogP contribution >= 0.6 is 0 Å². The summed E-state index contributed by atoms with van der Waals surface area (Å²) in [5.74, 6) is 1.42. The Labute approximate surface area is 109 Å². The molecule has 3 nitrogen and oxygen atoms in total. The van der Waals surface area contributed by atoms with Crippen molar-refractivity contribution in [2.45, 2.75) is 63.9 Å². The van der Waals surface area contributed by atoms with Crippen LogP contribution in [0.15, 0.2) is 11.6 Å². The lowest BCUT2D eigenvalue weighted by Gasteiger charge is -2.29. The highest BCUT2D eigenvalue weighted by Crippen LogP contribution is 2.54. The van der Waals surface area contributed by atoms with E-state index < -0.39 is 12.2 Å². The molecule has 0 aromatic heterocycles. The minimum atomic E-state index is -0.587. The van der Waals surface area contributed by atoms with Crippen LogP contribution in [0.1, 0.15) is 40.0 Å². The van der Waals surface area contributed by atoms with E-state index in [1.807, 2.05) is 0 Å². The fourth-order valence-electron chi connectivity index (χ4n) is 4.09. The van der Waals surface area contributed by atoms with Gasteiger partial charge in [-0.3, -0.25) is 0 Å². The summed E-state index contributed by atoms with van der Waals surface area (Å²) in [6, 6.07) is 0. The Hall–Kier alpha value is -0.380. The van der Waals surface area contributed by atoms with Crippen molar-refractivity contribution in [1.29, 1.82) is 0 Å². The third kappa shape index (κ3) is 2.02. The zero-order chi connectivity index (χ0) is 13.1. The Morgan fingerprint density at radius 1 is 1.17 bits per heavy atom. The highest BCUT2D eigenvalue weighted by Gasteiger charge is 2.52. The SMILES string of the molecule is CC(C)(C)O[C@H]1[C@@H]2C3=C[C@H]1C[C@H]2C[C@H](O)[C@H](O)C3. The molecular weight excluding hydrogens is 228 g/mol. The molecule has 2 fully saturated rings. The highest BCUT2D eigenvalue weighted by molar-refractivity contribution is 5.28. The van der Waals surface area contributed by atoms with E-state index >= 15 is 0 Å². The monoisotopic (exact) mass is 252 g/mol. The van der Waals surface area contributed by atoms with Crippen LogP contribution in [0.3, 0.4) is 0 Å². The minimum absolute atomic E-state index is 0.120. The van der Waals surface area contributed by atoms with Gasteiger partial charge in [0.2, 0.25) is 0 Å². The second-order valence-corrected chi connectivity index (χ2v) is 7.20. The lowest BCUT2D eigenvalue weighted by molar-refractivity contribution is -0.0790. The van der Waals surface area contributed by atoms with Crippen LogP contribution in [-0.4, -0.2) is 34.1 Å². The zero-order valence-corrected chi connectivity index (χ0v) is 11.5. The van der Waals surface area contributed by atoms with E-state index in [4.69, 9.17) is 4.74 Å². The summed E-state index contributed by atoms with van der Waals surface area (Å²) in [5, 5.41) is 19.9. The van der Waals surface area contributed by atoms with Crippen LogP contribution in [0, 0.1) is 17.8 Å². The molecule has 0 radical (unpaired) electrons. The smallest absolute Gasteiger partial charge is 0.0836 e. The quantitative estimate of drug-likeness (QED) is 0.701. The third-order valence-electron chi connectivity index (χ3n) is 4.64. The number of aliphatic hydroxyl groups excluding tert-OH is 2. The predicted molar refractivity (Wildman–Crippen MR) is 69.0 cm³/mol. The lowest BCUT2D eigenvalue weighted by Crippen LogP contribution is -2.32. The molecule has 0 spiro atoms. The lowest BCUT2D eigenvalue weighted by atomic mass is 9.85. The maximum Gasteiger partial charge on any atom is 0.0836 e. The van der Waals surface area contributed by atoms with Gasteiger partial charge in [-0.1, -0.05) is 11.6 Å². The molecule has 0 aromatic rings. The van der Waals surface area contributed by atoms with Crippen LogP contribution in [-0.2, 0) is 4.74 Å². The van der Waals surface area contributed by atoms with Crippen LogP contribution in [0.5, 0.6) is 0 Å². The number of hydrogen-bond acceptors (Lipinski definition) is 3. The van der Waals surface area contributed by atoms with Crippen LogP contribution in [0.4, 0.5) is 0 Å². The Morgan fingerprint density at radius 2 is 1.89 bits per heavy atom. The number of fused-ring (bicyclic) bond motifs is 1. The summed E-state index contributed by atoms with van der Waals surface area (Å²) in [5.41, 5.74) is 1.21. The van der Waals surface area contributed by atoms with E-state index in [0.717, 1.165) is 12.8 Å². The summed E-state index contributed by atoms with van der Waals surface area (Å²) in [7, 11) is 0. The molecule has 0 amide bonds. The van der Waals surface area contributed by atoms with Crippen molar-refractivity contribution >= 4 is 0 Å². The molecule has 6 atom stereocenters. The average molecular weight is 252 g/mol. The van der Waals surface area contributed by atoms with E-state index in [-0.39, 0.29) is 11.7 Å². The molecule has 2 bridgehead atoms. The molecule has 3 aliphatic carbocycles. The summed E-state index contributed by atoms with van der Waals surface area (Å²) >= 11 is 0. The number of hydrogen-bond donors (Lipinski definition) is 2. The second-order valence-electron chi connectivity index (χ2n) is 7.20. The van der Waals surface area contributed by atoms with Gasteiger partial charge < -0.3 is 14.9 Å². The maximum atomic E-state index is 9.94. The Bertz CT molecular complexity index is 368. The van der Waals surface area contributed by atoms with Gasteiger partial charge in [-0.2, -0.15) is 0 Å². The molecule has 2 saturated carbocycles. The average Bonchev–Trinajstić information content (AvgIpc) is 2.66. The first-order valence-electron chi connectivity index (χ1n) is 7.10. The van der Waals surface area contributed by atoms with Gasteiger partial charge >= 0.3 is 0 Å². The summed E-state index contributed by atoms with van der Waals surface area (Å²) in [4.78, 5) is 0. The highest BCUT2D eigenvalue weighted by atomic mass is 16.5. The minimum Gasteiger partial charge on any atom is -0.390 e. The summed E-state index contributed by atoms with van der Waals surface area (Å²) < 4.78 is 6.23. The Morgan fingerprint density at radius 3 is 2.56 bits per heavy atom. The van der Waals surface area contributed by atoms with Crippen molar-refractivity contribution in [3.8, 4) is 0 Å². The van der Waals surface area contributed by atoms with E-state index in [0.29, 0.717) is 24.2 Å². The van der Waals surface area contributed by atoms with Gasteiger partial charge in [-0.25, -0.2) is 0 Å². The number of aliphatic hydroxyl groups is 2. The molecular formula is C15H24O3. The van der Waals surface area contributed by atoms with Crippen LogP contribution in [0.2, 0.25) is 0 Å². The fourth-order valence-corrected chi connectivity index (χ4v) is 4.09. The van der Waals surface area contributed by atoms with Gasteiger partial charge in [0, 0.05) is 11.8 Å². The van der Waals surface area contributed by atoms with Crippen molar-refractivity contribution in [3.63, 3.8) is 0 Å². The van der Waals surface area contributed by atoms with Crippen LogP contribution in [0.25, 0.3) is 0 Å². The van der Waals surface area contributed by atoms with Gasteiger partial charge in [0.25, 0.3) is 0 Å². The Kier molecular flexibility index (Phi) is 2.85. The van der Waals surface area contributed by atoms with E-state index in [1.165, 1.54) is 5.57 Å². The maximum absolute atomic E-state index is 9.94. The van der Waals surface area contributed by atoms with Gasteiger partial charge in [0.05, 0.1) is 23.9 Å². The van der Waals surface area contributed by atoms with E-state index in [1.54, 1.807) is 0 Å². The molecule has 0 unspecified atom stereocenters. The molecule has 3 heteroatoms. The largest absolute Gasteiger partial charge is 0.390 e. The predicted octanol–water partition coefficient (Wildman–Crippen LogP) is 1.88. The molecule has 18 heavy (non-hydrogen) atoms. The van der Waals surface area contributed by atoms with Crippen LogP contribution < -0.4 is 0 Å². The van der Waals surface area contributed by atoms with Crippen molar-refractivity contribution in [3.05, 3.63) is 11.6 Å². The molecule has 3 aliphatic rings. The van der Waals surface area contributed by atoms with Crippen molar-refractivity contribution < 1.29 is 14.9 Å². The molecule has 0 aromatic carbocycles. The third-order valence-corrected chi connectivity index (χ3v) is 4.64. The number of rotatable bonds is 1. The first-order valence-corrected chi connectivity index (χ1v) is 7.10. The molecule has 0 aliphatic heterocycles. The normalized spacial score (nSPS) is 47.1. The summed E-state index contributed by atoms with van der Waals surface area (Å²) in [6.07, 6.45) is 3.89. The molecule has 0 saturated heterocycles. The summed E-state index contributed by atoms with van der Waals surface area (Å²) in [6.45, 7) is 6.30. The van der Waals surface area contributed by atoms with Crippen molar-refractivity contribution in [2.75, 3.05) is 0 Å². The Balaban J connectivity index is 1.83. The van der Waals surface area contributed by atoms with Gasteiger partial charge in [-0.15, -0.1) is 0 Å². The molecule has 102 valence electrons. The standard InChI is InChI=1S/C15H24O3/c1-15(2,3)18-14-10-4-8-6-11(16)12(17)7-9(5-10)13(8)14/h4,9-14,16-17H,5-7H2,1-3H3/t9-,10-,11+,12-,13+,14+/m0/s1. The molecule has 3 rings (SSSR count). The number of ether oxygens (including phenoxy) is 1. The zero-order valence-electron chi connectivity index (χ0n) is 11.5. The topological polar surface area (TPSA) is 49.7 Å². The van der Waals surface area contributed by atoms with Crippen molar-refractivity contribution in [2.24, 2.45) is 17.8 Å². The van der Waals surface area contributed by atoms with Gasteiger partial charge in [0.15, 0.2) is 0 Å². The first kappa shape index (κ1) is 12.6. The van der Waals surface area contributed by atoms with Gasteiger partial charge in [0.1, 0.15) is 0 Å². The first-order chi connectivity index (χ1) is 8.35. The van der Waals surface area contributed by atoms with Crippen molar-refractivity contribution in [1.82, 2.24) is 0 Å². The fraction of sp³-hybridized carbons (Fsp3) is 0.867.